The van der Waals surface area contributed by atoms with Crippen LogP contribution in [0.5, 0.6) is 0 Å². The summed E-state index contributed by atoms with van der Waals surface area (Å²) in [5.74, 6) is -3.01. The second-order valence-corrected chi connectivity index (χ2v) is 10.1. The average molecular weight is 579 g/mol. The molecule has 0 bridgehead atoms. The van der Waals surface area contributed by atoms with Gasteiger partial charge in [-0.2, -0.15) is 11.8 Å². The number of aromatic amines is 1. The summed E-state index contributed by atoms with van der Waals surface area (Å²) in [6.45, 7) is -0.489. The Morgan fingerprint density at radius 2 is 1.65 bits per heavy atom. The van der Waals surface area contributed by atoms with Crippen molar-refractivity contribution in [3.63, 3.8) is 0 Å². The largest absolute Gasteiger partial charge is 0.480 e. The quantitative estimate of drug-likeness (QED) is 0.0589. The molecule has 220 valence electrons. The molecule has 3 amide bonds. The van der Waals surface area contributed by atoms with E-state index in [9.17, 15) is 29.4 Å². The van der Waals surface area contributed by atoms with Crippen molar-refractivity contribution in [2.24, 2.45) is 22.2 Å². The molecule has 1 aromatic carbocycles. The van der Waals surface area contributed by atoms with E-state index in [1.807, 2.05) is 30.5 Å². The number of fused-ring (bicyclic) bond motifs is 1. The lowest BCUT2D eigenvalue weighted by Crippen LogP contribution is -2.58. The maximum atomic E-state index is 13.3. The summed E-state index contributed by atoms with van der Waals surface area (Å²) in [5, 5.41) is 27.6. The summed E-state index contributed by atoms with van der Waals surface area (Å²) < 4.78 is 0. The molecule has 4 atom stereocenters. The first-order valence-corrected chi connectivity index (χ1v) is 14.1. The van der Waals surface area contributed by atoms with Crippen LogP contribution >= 0.6 is 11.8 Å². The number of benzene rings is 1. The summed E-state index contributed by atoms with van der Waals surface area (Å²) in [4.78, 5) is 57.5. The van der Waals surface area contributed by atoms with Gasteiger partial charge in [0, 0.05) is 30.1 Å². The number of hydrogen-bond acceptors (Lipinski definition) is 8. The van der Waals surface area contributed by atoms with Gasteiger partial charge in [0.05, 0.1) is 12.6 Å². The van der Waals surface area contributed by atoms with Crippen molar-refractivity contribution in [3.8, 4) is 0 Å². The highest BCUT2D eigenvalue weighted by molar-refractivity contribution is 7.98. The van der Waals surface area contributed by atoms with E-state index >= 15 is 0 Å². The van der Waals surface area contributed by atoms with Gasteiger partial charge in [0.15, 0.2) is 5.96 Å². The summed E-state index contributed by atoms with van der Waals surface area (Å²) in [6.07, 6.45) is 4.36. The second-order valence-electron chi connectivity index (χ2n) is 9.10. The maximum Gasteiger partial charge on any atom is 0.326 e. The van der Waals surface area contributed by atoms with Crippen LogP contribution in [0.15, 0.2) is 35.5 Å². The number of rotatable bonds is 17. The molecule has 0 radical (unpaired) electrons. The predicted molar refractivity (Wildman–Crippen MR) is 153 cm³/mol. The summed E-state index contributed by atoms with van der Waals surface area (Å²) >= 11 is 1.44. The van der Waals surface area contributed by atoms with Crippen molar-refractivity contribution in [2.45, 2.75) is 49.9 Å². The standard InChI is InChI=1S/C25H38N8O6S/c1-40-10-8-18(24(38)39)31-22(36)19(11-14-12-30-17-7-3-2-5-15(14)17)32-23(37)20(13-34)33-21(35)16(26)6-4-9-29-25(27)28/h2-3,5,7,12,16,18-20,30,34H,4,6,8-11,13,26H2,1H3,(H,31,36)(H,32,37)(H,33,35)(H,38,39)(H4,27,28,29). The van der Waals surface area contributed by atoms with Crippen LogP contribution in [0.3, 0.4) is 0 Å². The van der Waals surface area contributed by atoms with E-state index in [0.717, 1.165) is 10.9 Å². The second kappa shape index (κ2) is 16.3. The Morgan fingerprint density at radius 1 is 1.00 bits per heavy atom. The zero-order chi connectivity index (χ0) is 29.7. The van der Waals surface area contributed by atoms with Gasteiger partial charge >= 0.3 is 5.97 Å². The summed E-state index contributed by atoms with van der Waals surface area (Å²) in [5.41, 5.74) is 17.9. The Balaban J connectivity index is 2.16. The first-order valence-electron chi connectivity index (χ1n) is 12.7. The minimum atomic E-state index is -1.40. The van der Waals surface area contributed by atoms with Gasteiger partial charge in [0.1, 0.15) is 18.1 Å². The van der Waals surface area contributed by atoms with Gasteiger partial charge < -0.3 is 48.3 Å². The van der Waals surface area contributed by atoms with Gasteiger partial charge in [-0.15, -0.1) is 0 Å². The van der Waals surface area contributed by atoms with Gasteiger partial charge in [-0.05, 0) is 42.9 Å². The third-order valence-electron chi connectivity index (χ3n) is 6.08. The molecular weight excluding hydrogens is 540 g/mol. The SMILES string of the molecule is CSCCC(NC(=O)C(Cc1c[nH]c2ccccc12)NC(=O)C(CO)NC(=O)C(N)CCCN=C(N)N)C(=O)O. The number of carbonyl (C=O) groups excluding carboxylic acids is 3. The highest BCUT2D eigenvalue weighted by Gasteiger charge is 2.30. The lowest BCUT2D eigenvalue weighted by Gasteiger charge is -2.24. The van der Waals surface area contributed by atoms with Crippen LogP contribution in [0.4, 0.5) is 0 Å². The number of aliphatic hydroxyl groups is 1. The lowest BCUT2D eigenvalue weighted by molar-refractivity contribution is -0.142. The molecule has 14 nitrogen and oxygen atoms in total. The zero-order valence-corrected chi connectivity index (χ0v) is 23.1. The van der Waals surface area contributed by atoms with Crippen LogP contribution in [0.2, 0.25) is 0 Å². The van der Waals surface area contributed by atoms with Crippen molar-refractivity contribution >= 4 is 52.3 Å². The lowest BCUT2D eigenvalue weighted by atomic mass is 10.0. The van der Waals surface area contributed by atoms with E-state index in [1.165, 1.54) is 11.8 Å². The zero-order valence-electron chi connectivity index (χ0n) is 22.3. The minimum absolute atomic E-state index is 0.0207. The van der Waals surface area contributed by atoms with Crippen LogP contribution in [0, 0.1) is 0 Å². The van der Waals surface area contributed by atoms with Crippen LogP contribution < -0.4 is 33.2 Å². The number of guanidine groups is 1. The number of nitrogens with zero attached hydrogens (tertiary/aromatic N) is 1. The van der Waals surface area contributed by atoms with Crippen LogP contribution in [-0.4, -0.2) is 94.2 Å². The molecular formula is C25H38N8O6S. The van der Waals surface area contributed by atoms with Crippen molar-refractivity contribution in [2.75, 3.05) is 25.2 Å². The summed E-state index contributed by atoms with van der Waals surface area (Å²) in [7, 11) is 0. The number of carboxylic acids is 1. The Labute approximate surface area is 235 Å². The molecule has 12 N–H and O–H groups in total. The van der Waals surface area contributed by atoms with Crippen molar-refractivity contribution < 1.29 is 29.4 Å². The van der Waals surface area contributed by atoms with Crippen LogP contribution in [0.1, 0.15) is 24.8 Å². The number of aromatic nitrogens is 1. The first kappa shape index (κ1) is 32.4. The molecule has 0 aliphatic rings. The van der Waals surface area contributed by atoms with Gasteiger partial charge in [-0.1, -0.05) is 18.2 Å². The van der Waals surface area contributed by atoms with E-state index < -0.39 is 54.5 Å². The molecule has 0 saturated heterocycles. The van der Waals surface area contributed by atoms with E-state index in [2.05, 4.69) is 25.9 Å². The number of amides is 3. The number of aliphatic imine (C=N–C) groups is 1. The highest BCUT2D eigenvalue weighted by Crippen LogP contribution is 2.19. The Kier molecular flexibility index (Phi) is 13.2. The first-order chi connectivity index (χ1) is 19.1. The number of nitrogens with two attached hydrogens (primary N) is 3. The highest BCUT2D eigenvalue weighted by atomic mass is 32.2. The number of carboxylic acid groups (broad SMARTS) is 1. The normalized spacial score (nSPS) is 14.0. The Hall–Kier alpha value is -3.82. The molecule has 15 heteroatoms. The molecule has 0 spiro atoms. The maximum absolute atomic E-state index is 13.3. The third kappa shape index (κ3) is 10.1. The molecule has 1 heterocycles. The van der Waals surface area contributed by atoms with E-state index in [0.29, 0.717) is 17.7 Å². The van der Waals surface area contributed by atoms with E-state index in [-0.39, 0.29) is 31.8 Å². The van der Waals surface area contributed by atoms with Crippen LogP contribution in [-0.2, 0) is 25.6 Å². The number of H-pyrrole nitrogens is 1. The van der Waals surface area contributed by atoms with Gasteiger partial charge in [0.2, 0.25) is 17.7 Å². The number of para-hydroxylation sites is 1. The number of carbonyl (C=O) groups is 4. The van der Waals surface area contributed by atoms with Gasteiger partial charge in [0.25, 0.3) is 0 Å². The van der Waals surface area contributed by atoms with Crippen molar-refractivity contribution in [1.82, 2.24) is 20.9 Å². The fourth-order valence-corrected chi connectivity index (χ4v) is 4.36. The van der Waals surface area contributed by atoms with Crippen LogP contribution in [0.25, 0.3) is 10.9 Å². The molecule has 0 aliphatic heterocycles. The third-order valence-corrected chi connectivity index (χ3v) is 6.72. The van der Waals surface area contributed by atoms with E-state index in [1.54, 1.807) is 6.20 Å². The number of thioether (sulfide) groups is 1. The summed E-state index contributed by atoms with van der Waals surface area (Å²) in [6, 6.07) is 2.62. The van der Waals surface area contributed by atoms with Crippen molar-refractivity contribution in [1.29, 1.82) is 0 Å². The molecule has 40 heavy (non-hydrogen) atoms. The minimum Gasteiger partial charge on any atom is -0.480 e. The molecule has 4 unspecified atom stereocenters. The van der Waals surface area contributed by atoms with Gasteiger partial charge in [-0.3, -0.25) is 19.4 Å². The molecule has 2 aromatic rings. The predicted octanol–water partition coefficient (Wildman–Crippen LogP) is -1.62. The molecule has 0 saturated carbocycles. The Morgan fingerprint density at radius 3 is 2.30 bits per heavy atom. The smallest absolute Gasteiger partial charge is 0.326 e. The average Bonchev–Trinajstić information content (AvgIpc) is 3.33. The number of aliphatic carboxylic acids is 1. The monoisotopic (exact) mass is 578 g/mol. The topological polar surface area (TPSA) is 251 Å². The molecule has 0 fully saturated rings. The number of nitrogens with one attached hydrogen (secondary N) is 4. The molecule has 0 aliphatic carbocycles. The van der Waals surface area contributed by atoms with Gasteiger partial charge in [-0.25, -0.2) is 4.79 Å². The fourth-order valence-electron chi connectivity index (χ4n) is 3.89. The number of aliphatic hydroxyl groups excluding tert-OH is 1. The number of hydrogen-bond donors (Lipinski definition) is 9. The molecule has 2 rings (SSSR count). The van der Waals surface area contributed by atoms with Crippen molar-refractivity contribution in [3.05, 3.63) is 36.0 Å². The fraction of sp³-hybridized carbons (Fsp3) is 0.480. The Bertz CT molecular complexity index is 1190. The molecule has 1 aromatic heterocycles. The van der Waals surface area contributed by atoms with E-state index in [4.69, 9.17) is 17.2 Å².